The quantitative estimate of drug-likeness (QED) is 0.463. The number of aryl methyl sites for hydroxylation is 1. The Morgan fingerprint density at radius 3 is 2.69 bits per heavy atom. The van der Waals surface area contributed by atoms with Crippen molar-refractivity contribution in [3.8, 4) is 16.9 Å². The third kappa shape index (κ3) is 3.39. The number of halogens is 4. The van der Waals surface area contributed by atoms with E-state index in [1.54, 1.807) is 17.0 Å². The number of hydrogen-bond donors (Lipinski definition) is 0. The molecule has 0 aliphatic carbocycles. The molecule has 1 aromatic heterocycles. The average molecular weight is 506 g/mol. The smallest absolute Gasteiger partial charge is 0.435 e. The van der Waals surface area contributed by atoms with Crippen molar-refractivity contribution in [1.29, 1.82) is 0 Å². The van der Waals surface area contributed by atoms with Gasteiger partial charge in [0.1, 0.15) is 12.4 Å². The van der Waals surface area contributed by atoms with E-state index in [9.17, 15) is 18.0 Å². The number of ether oxygens (including phenoxy) is 1. The van der Waals surface area contributed by atoms with Crippen LogP contribution in [0.3, 0.4) is 0 Å². The molecular formula is C23H19BrF3N3O2. The fourth-order valence-electron chi connectivity index (χ4n) is 4.59. The number of rotatable bonds is 3. The fraction of sp³-hybridized carbons (Fsp3) is 0.304. The molecule has 1 unspecified atom stereocenters. The van der Waals surface area contributed by atoms with Crippen LogP contribution in [0.1, 0.15) is 38.8 Å². The normalized spacial score (nSPS) is 17.8. The first-order valence-corrected chi connectivity index (χ1v) is 11.3. The van der Waals surface area contributed by atoms with Gasteiger partial charge in [-0.3, -0.25) is 9.48 Å². The van der Waals surface area contributed by atoms with Crippen molar-refractivity contribution in [2.45, 2.75) is 24.0 Å². The lowest BCUT2D eigenvalue weighted by molar-refractivity contribution is -0.140. The van der Waals surface area contributed by atoms with Crippen molar-refractivity contribution in [2.24, 2.45) is 7.05 Å². The molecule has 5 rings (SSSR count). The highest BCUT2D eigenvalue weighted by atomic mass is 79.9. The van der Waals surface area contributed by atoms with Gasteiger partial charge in [0.05, 0.1) is 6.04 Å². The Labute approximate surface area is 190 Å². The molecule has 2 aliphatic heterocycles. The maximum atomic E-state index is 13.7. The number of amides is 1. The van der Waals surface area contributed by atoms with E-state index in [2.05, 4.69) is 21.0 Å². The first-order valence-electron chi connectivity index (χ1n) is 10.1. The van der Waals surface area contributed by atoms with Gasteiger partial charge < -0.3 is 9.64 Å². The van der Waals surface area contributed by atoms with Gasteiger partial charge >= 0.3 is 6.18 Å². The Morgan fingerprint density at radius 1 is 1.19 bits per heavy atom. The second-order valence-electron chi connectivity index (χ2n) is 7.98. The van der Waals surface area contributed by atoms with Crippen LogP contribution in [-0.2, 0) is 25.0 Å². The minimum absolute atomic E-state index is 0.00477. The van der Waals surface area contributed by atoms with Gasteiger partial charge in [0, 0.05) is 41.8 Å². The largest absolute Gasteiger partial charge is 0.491 e. The molecule has 0 fully saturated rings. The number of para-hydroxylation sites is 1. The van der Waals surface area contributed by atoms with Gasteiger partial charge in [-0.25, -0.2) is 0 Å². The van der Waals surface area contributed by atoms with Crippen molar-refractivity contribution in [2.75, 3.05) is 13.2 Å². The number of hydrogen-bond acceptors (Lipinski definition) is 3. The van der Waals surface area contributed by atoms with Crippen LogP contribution in [0.25, 0.3) is 11.1 Å². The van der Waals surface area contributed by atoms with Gasteiger partial charge in [-0.05, 0) is 41.3 Å². The average Bonchev–Trinajstić information content (AvgIpc) is 3.37. The summed E-state index contributed by atoms with van der Waals surface area (Å²) >= 11 is 3.39. The number of carbonyl (C=O) groups excluding carboxylic acids is 1. The molecule has 5 nitrogen and oxygen atoms in total. The van der Waals surface area contributed by atoms with Gasteiger partial charge in [0.15, 0.2) is 5.69 Å². The topological polar surface area (TPSA) is 47.4 Å². The summed E-state index contributed by atoms with van der Waals surface area (Å²) in [7, 11) is 1.46. The van der Waals surface area contributed by atoms with Crippen LogP contribution in [-0.4, -0.2) is 33.7 Å². The summed E-state index contributed by atoms with van der Waals surface area (Å²) in [6.07, 6.45) is -2.78. The lowest BCUT2D eigenvalue weighted by Crippen LogP contribution is -2.41. The zero-order chi connectivity index (χ0) is 22.6. The third-order valence-corrected chi connectivity index (χ3v) is 6.64. The lowest BCUT2D eigenvalue weighted by Gasteiger charge is -2.34. The molecule has 0 saturated carbocycles. The lowest BCUT2D eigenvalue weighted by atomic mass is 9.87. The van der Waals surface area contributed by atoms with Gasteiger partial charge in [-0.1, -0.05) is 34.1 Å². The molecule has 0 saturated heterocycles. The zero-order valence-electron chi connectivity index (χ0n) is 17.1. The Kier molecular flexibility index (Phi) is 5.03. The molecule has 1 atom stereocenters. The summed E-state index contributed by atoms with van der Waals surface area (Å²) in [4.78, 5) is 15.3. The minimum Gasteiger partial charge on any atom is -0.491 e. The van der Waals surface area contributed by atoms with E-state index in [-0.39, 0.29) is 17.5 Å². The number of nitrogens with zero attached hydrogens (tertiary/aromatic N) is 3. The SMILES string of the molecule is Cn1cc(-c2cc(CBr)cc3c2CCN(C2COc4ccccc42)C3=O)c(C(F)(F)F)n1. The molecule has 3 aromatic rings. The van der Waals surface area contributed by atoms with Crippen molar-refractivity contribution in [1.82, 2.24) is 14.7 Å². The van der Waals surface area contributed by atoms with E-state index in [4.69, 9.17) is 4.74 Å². The second-order valence-corrected chi connectivity index (χ2v) is 8.54. The first kappa shape index (κ1) is 21.1. The molecule has 0 bridgehead atoms. The second kappa shape index (κ2) is 7.65. The molecule has 32 heavy (non-hydrogen) atoms. The molecule has 166 valence electrons. The highest BCUT2D eigenvalue weighted by Crippen LogP contribution is 2.42. The van der Waals surface area contributed by atoms with E-state index >= 15 is 0 Å². The highest BCUT2D eigenvalue weighted by Gasteiger charge is 2.40. The molecule has 3 heterocycles. The Bertz CT molecular complexity index is 1220. The predicted molar refractivity (Wildman–Crippen MR) is 116 cm³/mol. The molecular weight excluding hydrogens is 487 g/mol. The zero-order valence-corrected chi connectivity index (χ0v) is 18.7. The summed E-state index contributed by atoms with van der Waals surface area (Å²) in [6, 6.07) is 10.9. The maximum absolute atomic E-state index is 13.7. The molecule has 1 amide bonds. The number of aromatic nitrogens is 2. The summed E-state index contributed by atoms with van der Waals surface area (Å²) in [6.45, 7) is 0.767. The molecule has 2 aromatic carbocycles. The van der Waals surface area contributed by atoms with E-state index < -0.39 is 11.9 Å². The molecule has 9 heteroatoms. The standard InChI is InChI=1S/C23H19BrF3N3O2/c1-29-11-18(21(28-29)23(25,26)27)16-8-13(10-24)9-17-14(16)6-7-30(22(17)31)19-12-32-20-5-3-2-4-15(19)20/h2-5,8-9,11,19H,6-7,10,12H2,1H3. The Balaban J connectivity index is 1.61. The molecule has 0 spiro atoms. The van der Waals surface area contributed by atoms with Gasteiger partial charge in [0.2, 0.25) is 0 Å². The number of alkyl halides is 4. The first-order chi connectivity index (χ1) is 15.3. The fourth-order valence-corrected chi connectivity index (χ4v) is 4.92. The van der Waals surface area contributed by atoms with Crippen molar-refractivity contribution < 1.29 is 22.7 Å². The monoisotopic (exact) mass is 505 g/mol. The molecule has 2 aliphatic rings. The van der Waals surface area contributed by atoms with Crippen LogP contribution in [0, 0.1) is 0 Å². The molecule has 0 radical (unpaired) electrons. The highest BCUT2D eigenvalue weighted by molar-refractivity contribution is 9.08. The van der Waals surface area contributed by atoms with E-state index in [0.717, 1.165) is 21.6 Å². The van der Waals surface area contributed by atoms with Crippen LogP contribution in [0.2, 0.25) is 0 Å². The summed E-state index contributed by atoms with van der Waals surface area (Å²) in [5.41, 5.74) is 2.21. The van der Waals surface area contributed by atoms with Crippen LogP contribution >= 0.6 is 15.9 Å². The van der Waals surface area contributed by atoms with E-state index in [0.29, 0.717) is 41.6 Å². The van der Waals surface area contributed by atoms with Crippen LogP contribution in [0.15, 0.2) is 42.6 Å². The number of fused-ring (bicyclic) bond motifs is 2. The summed E-state index contributed by atoms with van der Waals surface area (Å²) < 4.78 is 47.9. The Hall–Kier alpha value is -2.81. The maximum Gasteiger partial charge on any atom is 0.435 e. The van der Waals surface area contributed by atoms with Gasteiger partial charge in [-0.15, -0.1) is 0 Å². The molecule has 0 N–H and O–H groups in total. The van der Waals surface area contributed by atoms with E-state index in [1.165, 1.54) is 13.2 Å². The van der Waals surface area contributed by atoms with Crippen LogP contribution < -0.4 is 4.74 Å². The number of benzene rings is 2. The van der Waals surface area contributed by atoms with Crippen molar-refractivity contribution in [3.63, 3.8) is 0 Å². The van der Waals surface area contributed by atoms with Crippen LogP contribution in [0.4, 0.5) is 13.2 Å². The van der Waals surface area contributed by atoms with Crippen LogP contribution in [0.5, 0.6) is 5.75 Å². The minimum atomic E-state index is -4.59. The van der Waals surface area contributed by atoms with Crippen molar-refractivity contribution >= 4 is 21.8 Å². The third-order valence-electron chi connectivity index (χ3n) is 6.00. The van der Waals surface area contributed by atoms with Crippen molar-refractivity contribution in [3.05, 3.63) is 70.5 Å². The van der Waals surface area contributed by atoms with E-state index in [1.807, 2.05) is 24.3 Å². The Morgan fingerprint density at radius 2 is 1.94 bits per heavy atom. The van der Waals surface area contributed by atoms with Gasteiger partial charge in [0.25, 0.3) is 5.91 Å². The predicted octanol–water partition coefficient (Wildman–Crippen LogP) is 5.13. The summed E-state index contributed by atoms with van der Waals surface area (Å²) in [5, 5.41) is 4.07. The van der Waals surface area contributed by atoms with Gasteiger partial charge in [-0.2, -0.15) is 18.3 Å². The number of carbonyl (C=O) groups is 1. The summed E-state index contributed by atoms with van der Waals surface area (Å²) in [5.74, 6) is 0.564.